The van der Waals surface area contributed by atoms with Gasteiger partial charge in [0.15, 0.2) is 0 Å². The lowest BCUT2D eigenvalue weighted by molar-refractivity contribution is -0.343. The third-order valence-corrected chi connectivity index (χ3v) is 7.24. The van der Waals surface area contributed by atoms with Crippen LogP contribution < -0.4 is 0 Å². The van der Waals surface area contributed by atoms with Crippen molar-refractivity contribution in [3.8, 4) is 11.8 Å². The number of hydrogen-bond donors (Lipinski definition) is 3. The average molecular weight is 559 g/mol. The molecule has 2 rings (SSSR count). The second kappa shape index (κ2) is 12.0. The molecule has 1 atom stereocenters. The molecular formula is C29H32F6O4. The molecule has 0 saturated heterocycles. The maximum absolute atomic E-state index is 13.0. The molecular weight excluding hydrogens is 526 g/mol. The van der Waals surface area contributed by atoms with Crippen molar-refractivity contribution >= 4 is 5.97 Å². The summed E-state index contributed by atoms with van der Waals surface area (Å²) < 4.78 is 78.0. The standard InChI is InChI=1S/C29H32F6O4/c1-5-26(6-2,22-10-7-20(18(3)15-22)9-12-24(36)17-25(37)38)23-11-8-21(19(4)16-23)13-14-27(39,28(30,31)32)29(33,34)35/h7-8,10-11,15-16,24,36,39H,5-6,9,12,17H2,1-4H3,(H,37,38)/t24-/m0/s1. The van der Waals surface area contributed by atoms with Crippen molar-refractivity contribution in [2.75, 3.05) is 0 Å². The molecule has 0 radical (unpaired) electrons. The van der Waals surface area contributed by atoms with E-state index in [0.29, 0.717) is 31.2 Å². The van der Waals surface area contributed by atoms with Crippen LogP contribution in [0.2, 0.25) is 0 Å². The van der Waals surface area contributed by atoms with Crippen LogP contribution >= 0.6 is 0 Å². The van der Waals surface area contributed by atoms with E-state index in [4.69, 9.17) is 5.11 Å². The van der Waals surface area contributed by atoms with Crippen LogP contribution in [-0.4, -0.2) is 45.3 Å². The maximum Gasteiger partial charge on any atom is 0.438 e. The normalized spacial score (nSPS) is 13.5. The third kappa shape index (κ3) is 6.95. The Morgan fingerprint density at radius 1 is 0.897 bits per heavy atom. The number of carboxylic acid groups (broad SMARTS) is 1. The van der Waals surface area contributed by atoms with Crippen LogP contribution in [0.15, 0.2) is 36.4 Å². The number of aliphatic carboxylic acids is 1. The van der Waals surface area contributed by atoms with Crippen LogP contribution in [0, 0.1) is 25.7 Å². The molecule has 0 spiro atoms. The highest BCUT2D eigenvalue weighted by molar-refractivity contribution is 5.67. The molecule has 0 aliphatic rings. The molecule has 0 bridgehead atoms. The van der Waals surface area contributed by atoms with Gasteiger partial charge >= 0.3 is 23.9 Å². The first-order chi connectivity index (χ1) is 17.9. The number of aliphatic hydroxyl groups excluding tert-OH is 1. The molecule has 0 unspecified atom stereocenters. The number of rotatable bonds is 9. The summed E-state index contributed by atoms with van der Waals surface area (Å²) in [7, 11) is 0. The van der Waals surface area contributed by atoms with E-state index in [2.05, 4.69) is 0 Å². The number of hydrogen-bond acceptors (Lipinski definition) is 3. The molecule has 2 aromatic rings. The van der Waals surface area contributed by atoms with Crippen molar-refractivity contribution in [3.63, 3.8) is 0 Å². The van der Waals surface area contributed by atoms with Crippen LogP contribution in [0.25, 0.3) is 0 Å². The largest absolute Gasteiger partial charge is 0.481 e. The van der Waals surface area contributed by atoms with Gasteiger partial charge in [-0.05, 0) is 79.3 Å². The molecule has 0 amide bonds. The van der Waals surface area contributed by atoms with Gasteiger partial charge in [-0.2, -0.15) is 26.3 Å². The van der Waals surface area contributed by atoms with Crippen LogP contribution in [0.3, 0.4) is 0 Å². The van der Waals surface area contributed by atoms with Gasteiger partial charge in [0.05, 0.1) is 12.5 Å². The number of alkyl halides is 6. The highest BCUT2D eigenvalue weighted by Gasteiger charge is 2.70. The fourth-order valence-corrected chi connectivity index (χ4v) is 4.69. The Labute approximate surface area is 223 Å². The Morgan fingerprint density at radius 2 is 1.41 bits per heavy atom. The molecule has 2 aromatic carbocycles. The quantitative estimate of drug-likeness (QED) is 0.246. The van der Waals surface area contributed by atoms with Crippen LogP contribution in [0.1, 0.15) is 72.9 Å². The lowest BCUT2D eigenvalue weighted by Gasteiger charge is -2.34. The Balaban J connectivity index is 2.45. The summed E-state index contributed by atoms with van der Waals surface area (Å²) in [5.74, 6) is 1.80. The molecule has 0 saturated carbocycles. The highest BCUT2D eigenvalue weighted by Crippen LogP contribution is 2.43. The van der Waals surface area contributed by atoms with Crippen molar-refractivity contribution in [1.82, 2.24) is 0 Å². The molecule has 0 heterocycles. The molecule has 214 valence electrons. The van der Waals surface area contributed by atoms with Gasteiger partial charge in [-0.1, -0.05) is 50.1 Å². The van der Waals surface area contributed by atoms with E-state index in [0.717, 1.165) is 28.2 Å². The minimum absolute atomic E-state index is 0.0711. The summed E-state index contributed by atoms with van der Waals surface area (Å²) in [5, 5.41) is 28.0. The maximum atomic E-state index is 13.0. The second-order valence-electron chi connectivity index (χ2n) is 9.71. The van der Waals surface area contributed by atoms with E-state index in [1.165, 1.54) is 13.0 Å². The number of aryl methyl sites for hydroxylation is 3. The highest BCUT2D eigenvalue weighted by atomic mass is 19.4. The monoisotopic (exact) mass is 558 g/mol. The summed E-state index contributed by atoms with van der Waals surface area (Å²) in [4.78, 5) is 10.8. The summed E-state index contributed by atoms with van der Waals surface area (Å²) in [6, 6.07) is 10.5. The SMILES string of the molecule is CCC(CC)(c1ccc(C#CC(O)(C(F)(F)F)C(F)(F)F)c(C)c1)c1ccc(CC[C@H](O)CC(=O)O)c(C)c1. The zero-order valence-electron chi connectivity index (χ0n) is 22.1. The predicted octanol–water partition coefficient (Wildman–Crippen LogP) is 6.38. The molecule has 4 nitrogen and oxygen atoms in total. The molecule has 39 heavy (non-hydrogen) atoms. The zero-order valence-corrected chi connectivity index (χ0v) is 22.1. The topological polar surface area (TPSA) is 77.8 Å². The molecule has 0 aliphatic carbocycles. The van der Waals surface area contributed by atoms with Crippen LogP contribution in [0.4, 0.5) is 26.3 Å². The minimum atomic E-state index is -6.02. The Bertz CT molecular complexity index is 1220. The van der Waals surface area contributed by atoms with Gasteiger partial charge in [0.2, 0.25) is 0 Å². The van der Waals surface area contributed by atoms with Gasteiger partial charge in [-0.25, -0.2) is 0 Å². The number of benzene rings is 2. The first-order valence-corrected chi connectivity index (χ1v) is 12.4. The second-order valence-corrected chi connectivity index (χ2v) is 9.71. The van der Waals surface area contributed by atoms with Gasteiger partial charge in [0.1, 0.15) is 0 Å². The van der Waals surface area contributed by atoms with Crippen molar-refractivity contribution in [3.05, 3.63) is 69.8 Å². The Morgan fingerprint density at radius 3 is 1.85 bits per heavy atom. The average Bonchev–Trinajstić information content (AvgIpc) is 2.82. The molecule has 0 aliphatic heterocycles. The third-order valence-electron chi connectivity index (χ3n) is 7.24. The van der Waals surface area contributed by atoms with E-state index in [9.17, 15) is 41.4 Å². The van der Waals surface area contributed by atoms with Crippen LogP contribution in [-0.2, 0) is 16.6 Å². The molecule has 0 fully saturated rings. The first kappa shape index (κ1) is 32.2. The summed E-state index contributed by atoms with van der Waals surface area (Å²) in [6.45, 7) is 7.39. The van der Waals surface area contributed by atoms with E-state index >= 15 is 0 Å². The van der Waals surface area contributed by atoms with Gasteiger partial charge in [-0.15, -0.1) is 0 Å². The summed E-state index contributed by atoms with van der Waals surface area (Å²) >= 11 is 0. The van der Waals surface area contributed by atoms with Crippen LogP contribution in [0.5, 0.6) is 0 Å². The molecule has 0 aromatic heterocycles. The van der Waals surface area contributed by atoms with Crippen molar-refractivity contribution < 1.29 is 46.5 Å². The van der Waals surface area contributed by atoms with Gasteiger partial charge < -0.3 is 15.3 Å². The van der Waals surface area contributed by atoms with Gasteiger partial charge in [0, 0.05) is 11.0 Å². The number of carbonyl (C=O) groups is 1. The van der Waals surface area contributed by atoms with Crippen molar-refractivity contribution in [2.45, 2.75) is 89.3 Å². The summed E-state index contributed by atoms with van der Waals surface area (Å²) in [6.07, 6.45) is -11.3. The Hall–Kier alpha value is -3.03. The number of carboxylic acids is 1. The lowest BCUT2D eigenvalue weighted by Crippen LogP contribution is -2.55. The predicted molar refractivity (Wildman–Crippen MR) is 134 cm³/mol. The van der Waals surface area contributed by atoms with E-state index in [1.54, 1.807) is 12.1 Å². The first-order valence-electron chi connectivity index (χ1n) is 12.4. The number of aliphatic hydroxyl groups is 2. The minimum Gasteiger partial charge on any atom is -0.481 e. The smallest absolute Gasteiger partial charge is 0.438 e. The van der Waals surface area contributed by atoms with E-state index in [1.807, 2.05) is 44.9 Å². The summed E-state index contributed by atoms with van der Waals surface area (Å²) in [5.41, 5.74) is -1.71. The molecule has 10 heteroatoms. The van der Waals surface area contributed by atoms with E-state index < -0.39 is 35.4 Å². The van der Waals surface area contributed by atoms with Gasteiger partial charge in [0.25, 0.3) is 0 Å². The zero-order chi connectivity index (χ0) is 29.8. The van der Waals surface area contributed by atoms with Gasteiger partial charge in [-0.3, -0.25) is 4.79 Å². The van der Waals surface area contributed by atoms with Crippen molar-refractivity contribution in [1.29, 1.82) is 0 Å². The molecule has 3 N–H and O–H groups in total. The fourth-order valence-electron chi connectivity index (χ4n) is 4.69. The van der Waals surface area contributed by atoms with E-state index in [-0.39, 0.29) is 12.0 Å². The fraction of sp³-hybridized carbons (Fsp3) is 0.483. The number of halogens is 6. The lowest BCUT2D eigenvalue weighted by atomic mass is 9.69. The van der Waals surface area contributed by atoms with Crippen molar-refractivity contribution in [2.24, 2.45) is 0 Å². The Kier molecular flexibility index (Phi) is 9.91.